The maximum atomic E-state index is 12.1. The van der Waals surface area contributed by atoms with E-state index in [-0.39, 0.29) is 6.09 Å². The Morgan fingerprint density at radius 3 is 2.25 bits per heavy atom. The molecule has 0 spiro atoms. The van der Waals surface area contributed by atoms with Gasteiger partial charge in [-0.2, -0.15) is 0 Å². The molecule has 0 aromatic heterocycles. The summed E-state index contributed by atoms with van der Waals surface area (Å²) in [4.78, 5) is 13.9. The van der Waals surface area contributed by atoms with Crippen LogP contribution in [0.5, 0.6) is 0 Å². The standard InChI is InChI=1S/C21H31NO2/c1-16(2)19-10-8-17(9-11-19)6-7-18-12-14-22(15-13-18)20(23)24-21(3,4)5/h6-11,16,18H,12-15H2,1-5H3. The molecule has 1 saturated heterocycles. The van der Waals surface area contributed by atoms with Crippen LogP contribution in [0.4, 0.5) is 4.79 Å². The molecule has 1 fully saturated rings. The molecule has 1 aliphatic rings. The normalized spacial score (nSPS) is 16.8. The lowest BCUT2D eigenvalue weighted by molar-refractivity contribution is 0.0197. The number of amides is 1. The summed E-state index contributed by atoms with van der Waals surface area (Å²) in [6.07, 6.45) is 6.31. The zero-order valence-corrected chi connectivity index (χ0v) is 15.7. The van der Waals surface area contributed by atoms with Crippen molar-refractivity contribution < 1.29 is 9.53 Å². The Balaban J connectivity index is 1.83. The highest BCUT2D eigenvalue weighted by Gasteiger charge is 2.25. The fourth-order valence-electron chi connectivity index (χ4n) is 2.84. The van der Waals surface area contributed by atoms with E-state index in [1.165, 1.54) is 11.1 Å². The van der Waals surface area contributed by atoms with Crippen LogP contribution in [0.1, 0.15) is 64.5 Å². The van der Waals surface area contributed by atoms with Crippen molar-refractivity contribution in [1.29, 1.82) is 0 Å². The third kappa shape index (κ3) is 5.70. The molecule has 3 nitrogen and oxygen atoms in total. The third-order valence-corrected chi connectivity index (χ3v) is 4.36. The molecule has 24 heavy (non-hydrogen) atoms. The summed E-state index contributed by atoms with van der Waals surface area (Å²) < 4.78 is 5.44. The van der Waals surface area contributed by atoms with Gasteiger partial charge in [0.05, 0.1) is 0 Å². The highest BCUT2D eigenvalue weighted by atomic mass is 16.6. The van der Waals surface area contributed by atoms with Gasteiger partial charge in [-0.25, -0.2) is 4.79 Å². The predicted molar refractivity (Wildman–Crippen MR) is 100 cm³/mol. The van der Waals surface area contributed by atoms with Crippen LogP contribution in [0.2, 0.25) is 0 Å². The first-order chi connectivity index (χ1) is 11.2. The Morgan fingerprint density at radius 1 is 1.17 bits per heavy atom. The summed E-state index contributed by atoms with van der Waals surface area (Å²) in [7, 11) is 0. The fraction of sp³-hybridized carbons (Fsp3) is 0.571. The Hall–Kier alpha value is -1.77. The van der Waals surface area contributed by atoms with E-state index < -0.39 is 5.60 Å². The minimum absolute atomic E-state index is 0.186. The lowest BCUT2D eigenvalue weighted by Gasteiger charge is -2.32. The van der Waals surface area contributed by atoms with Crippen LogP contribution >= 0.6 is 0 Å². The topological polar surface area (TPSA) is 29.5 Å². The van der Waals surface area contributed by atoms with E-state index in [2.05, 4.69) is 50.3 Å². The molecule has 0 atom stereocenters. The van der Waals surface area contributed by atoms with Crippen LogP contribution in [0.3, 0.4) is 0 Å². The number of ether oxygens (including phenoxy) is 1. The number of hydrogen-bond donors (Lipinski definition) is 0. The van der Waals surface area contributed by atoms with E-state index in [4.69, 9.17) is 4.74 Å². The number of benzene rings is 1. The molecular formula is C21H31NO2. The number of carbonyl (C=O) groups excluding carboxylic acids is 1. The molecule has 132 valence electrons. The van der Waals surface area contributed by atoms with Crippen LogP contribution in [0.25, 0.3) is 6.08 Å². The number of rotatable bonds is 3. The van der Waals surface area contributed by atoms with Crippen molar-refractivity contribution in [3.05, 3.63) is 41.5 Å². The summed E-state index contributed by atoms with van der Waals surface area (Å²) in [5.74, 6) is 1.11. The van der Waals surface area contributed by atoms with Crippen molar-refractivity contribution in [3.8, 4) is 0 Å². The molecule has 0 unspecified atom stereocenters. The van der Waals surface area contributed by atoms with Gasteiger partial charge in [0.2, 0.25) is 0 Å². The zero-order chi connectivity index (χ0) is 17.7. The van der Waals surface area contributed by atoms with Gasteiger partial charge in [-0.05, 0) is 56.6 Å². The molecule has 1 aliphatic heterocycles. The van der Waals surface area contributed by atoms with Gasteiger partial charge in [-0.15, -0.1) is 0 Å². The molecule has 1 amide bonds. The van der Waals surface area contributed by atoms with Gasteiger partial charge in [-0.1, -0.05) is 50.3 Å². The van der Waals surface area contributed by atoms with Gasteiger partial charge in [0.1, 0.15) is 5.60 Å². The van der Waals surface area contributed by atoms with Crippen molar-refractivity contribution in [2.24, 2.45) is 5.92 Å². The van der Waals surface area contributed by atoms with Gasteiger partial charge >= 0.3 is 6.09 Å². The second-order valence-electron chi connectivity index (χ2n) is 7.99. The van der Waals surface area contributed by atoms with Gasteiger partial charge in [-0.3, -0.25) is 0 Å². The highest BCUT2D eigenvalue weighted by molar-refractivity contribution is 5.68. The quantitative estimate of drug-likeness (QED) is 0.736. The number of carbonyl (C=O) groups is 1. The number of piperidine rings is 1. The van der Waals surface area contributed by atoms with E-state index >= 15 is 0 Å². The van der Waals surface area contributed by atoms with Crippen LogP contribution in [-0.2, 0) is 4.74 Å². The van der Waals surface area contributed by atoms with Gasteiger partial charge in [0.15, 0.2) is 0 Å². The SMILES string of the molecule is CC(C)c1ccc(C=CC2CCN(C(=O)OC(C)(C)C)CC2)cc1. The Morgan fingerprint density at radius 2 is 1.75 bits per heavy atom. The molecule has 0 bridgehead atoms. The molecule has 0 aliphatic carbocycles. The smallest absolute Gasteiger partial charge is 0.410 e. The van der Waals surface area contributed by atoms with Crippen molar-refractivity contribution in [2.45, 2.75) is 59.0 Å². The lowest BCUT2D eigenvalue weighted by Crippen LogP contribution is -2.41. The fourth-order valence-corrected chi connectivity index (χ4v) is 2.84. The molecule has 0 radical (unpaired) electrons. The summed E-state index contributed by atoms with van der Waals surface area (Å²) in [5.41, 5.74) is 2.20. The minimum atomic E-state index is -0.421. The molecule has 1 heterocycles. The van der Waals surface area contributed by atoms with Crippen molar-refractivity contribution in [1.82, 2.24) is 4.90 Å². The van der Waals surface area contributed by atoms with Gasteiger partial charge in [0, 0.05) is 13.1 Å². The van der Waals surface area contributed by atoms with E-state index in [0.717, 1.165) is 25.9 Å². The monoisotopic (exact) mass is 329 g/mol. The number of nitrogens with zero attached hydrogens (tertiary/aromatic N) is 1. The summed E-state index contributed by atoms with van der Waals surface area (Å²) in [6, 6.07) is 8.77. The van der Waals surface area contributed by atoms with E-state index in [1.54, 1.807) is 0 Å². The molecule has 2 rings (SSSR count). The summed E-state index contributed by atoms with van der Waals surface area (Å²) in [6.45, 7) is 11.7. The predicted octanol–water partition coefficient (Wildman–Crippen LogP) is 5.47. The van der Waals surface area contributed by atoms with E-state index in [1.807, 2.05) is 25.7 Å². The van der Waals surface area contributed by atoms with Gasteiger partial charge in [0.25, 0.3) is 0 Å². The number of hydrogen-bond acceptors (Lipinski definition) is 2. The summed E-state index contributed by atoms with van der Waals surface area (Å²) >= 11 is 0. The first kappa shape index (κ1) is 18.6. The van der Waals surface area contributed by atoms with Crippen molar-refractivity contribution in [3.63, 3.8) is 0 Å². The largest absolute Gasteiger partial charge is 0.444 e. The zero-order valence-electron chi connectivity index (χ0n) is 15.7. The Kier molecular flexibility index (Phi) is 6.09. The molecule has 0 saturated carbocycles. The van der Waals surface area contributed by atoms with Crippen LogP contribution in [0, 0.1) is 5.92 Å². The highest BCUT2D eigenvalue weighted by Crippen LogP contribution is 2.22. The number of likely N-dealkylation sites (tertiary alicyclic amines) is 1. The first-order valence-electron chi connectivity index (χ1n) is 9.01. The van der Waals surface area contributed by atoms with Gasteiger partial charge < -0.3 is 9.64 Å². The maximum absolute atomic E-state index is 12.1. The Labute approximate surface area is 146 Å². The van der Waals surface area contributed by atoms with Crippen molar-refractivity contribution in [2.75, 3.05) is 13.1 Å². The second kappa shape index (κ2) is 7.87. The average molecular weight is 329 g/mol. The minimum Gasteiger partial charge on any atom is -0.444 e. The molecule has 1 aromatic rings. The second-order valence-corrected chi connectivity index (χ2v) is 7.99. The third-order valence-electron chi connectivity index (χ3n) is 4.36. The Bertz CT molecular complexity index is 558. The van der Waals surface area contributed by atoms with Crippen LogP contribution < -0.4 is 0 Å². The molecule has 0 N–H and O–H groups in total. The average Bonchev–Trinajstić information content (AvgIpc) is 2.52. The summed E-state index contributed by atoms with van der Waals surface area (Å²) in [5, 5.41) is 0. The first-order valence-corrected chi connectivity index (χ1v) is 9.01. The molecule has 3 heteroatoms. The van der Waals surface area contributed by atoms with Crippen LogP contribution in [0.15, 0.2) is 30.3 Å². The van der Waals surface area contributed by atoms with E-state index in [0.29, 0.717) is 11.8 Å². The van der Waals surface area contributed by atoms with Crippen molar-refractivity contribution >= 4 is 12.2 Å². The maximum Gasteiger partial charge on any atom is 0.410 e. The van der Waals surface area contributed by atoms with Crippen LogP contribution in [-0.4, -0.2) is 29.7 Å². The van der Waals surface area contributed by atoms with E-state index in [9.17, 15) is 4.79 Å². The lowest BCUT2D eigenvalue weighted by atomic mass is 9.95. The number of allylic oxidation sites excluding steroid dienone is 1. The molecule has 1 aromatic carbocycles. The molecular weight excluding hydrogens is 298 g/mol.